The van der Waals surface area contributed by atoms with E-state index in [1.165, 1.54) is 0 Å². The molecule has 1 amide bonds. The fourth-order valence-corrected chi connectivity index (χ4v) is 2.37. The van der Waals surface area contributed by atoms with Crippen molar-refractivity contribution < 1.29 is 19.4 Å². The van der Waals surface area contributed by atoms with Gasteiger partial charge >= 0.3 is 6.09 Å². The van der Waals surface area contributed by atoms with E-state index in [1.54, 1.807) is 0 Å². The number of hydrogen-bond acceptors (Lipinski definition) is 4. The minimum Gasteiger partial charge on any atom is -0.445 e. The van der Waals surface area contributed by atoms with E-state index < -0.39 is 0 Å². The second kappa shape index (κ2) is 7.87. The molecule has 1 aliphatic rings. The Labute approximate surface area is 118 Å². The third-order valence-corrected chi connectivity index (χ3v) is 3.36. The van der Waals surface area contributed by atoms with Crippen molar-refractivity contribution in [1.29, 1.82) is 0 Å². The zero-order valence-corrected chi connectivity index (χ0v) is 11.5. The lowest BCUT2D eigenvalue weighted by atomic mass is 10.2. The molecule has 0 aromatic heterocycles. The molecule has 2 N–H and O–H groups in total. The number of benzene rings is 1. The second-order valence-electron chi connectivity index (χ2n) is 4.93. The molecule has 0 bridgehead atoms. The molecule has 0 radical (unpaired) electrons. The summed E-state index contributed by atoms with van der Waals surface area (Å²) in [6.07, 6.45) is 2.31. The number of hydrogen-bond donors (Lipinski definition) is 2. The largest absolute Gasteiger partial charge is 0.445 e. The summed E-state index contributed by atoms with van der Waals surface area (Å²) in [5, 5.41) is 11.6. The van der Waals surface area contributed by atoms with E-state index in [2.05, 4.69) is 5.32 Å². The van der Waals surface area contributed by atoms with Crippen LogP contribution in [0.25, 0.3) is 0 Å². The predicted molar refractivity (Wildman–Crippen MR) is 74.2 cm³/mol. The van der Waals surface area contributed by atoms with Crippen molar-refractivity contribution in [3.05, 3.63) is 35.9 Å². The Bertz CT molecular complexity index is 410. The molecule has 1 saturated carbocycles. The van der Waals surface area contributed by atoms with Gasteiger partial charge in [0.25, 0.3) is 0 Å². The van der Waals surface area contributed by atoms with Crippen LogP contribution in [0, 0.1) is 0 Å². The van der Waals surface area contributed by atoms with Gasteiger partial charge in [0.15, 0.2) is 0 Å². The third-order valence-electron chi connectivity index (χ3n) is 3.36. The first-order valence-electron chi connectivity index (χ1n) is 6.97. The molecule has 1 aromatic rings. The topological polar surface area (TPSA) is 67.8 Å². The number of ether oxygens (including phenoxy) is 2. The average Bonchev–Trinajstić information content (AvgIpc) is 2.91. The van der Waals surface area contributed by atoms with Gasteiger partial charge in [-0.15, -0.1) is 0 Å². The Morgan fingerprint density at radius 3 is 2.85 bits per heavy atom. The van der Waals surface area contributed by atoms with Crippen molar-refractivity contribution in [3.63, 3.8) is 0 Å². The Morgan fingerprint density at radius 1 is 1.30 bits per heavy atom. The van der Waals surface area contributed by atoms with Crippen LogP contribution in [0.3, 0.4) is 0 Å². The lowest BCUT2D eigenvalue weighted by molar-refractivity contribution is 0.0317. The summed E-state index contributed by atoms with van der Waals surface area (Å²) in [4.78, 5) is 11.7. The predicted octanol–water partition coefficient (Wildman–Crippen LogP) is 1.84. The standard InChI is InChI=1S/C15H21NO4/c17-8-9-19-14-7-6-13(10-14)16-15(18)20-11-12-4-2-1-3-5-12/h1-5,13-14,17H,6-11H2,(H,16,18)/t13-,14+/m0/s1. The number of aliphatic hydroxyl groups is 1. The zero-order valence-electron chi connectivity index (χ0n) is 11.5. The van der Waals surface area contributed by atoms with E-state index >= 15 is 0 Å². The molecule has 110 valence electrons. The first-order valence-corrected chi connectivity index (χ1v) is 6.97. The van der Waals surface area contributed by atoms with E-state index in [1.807, 2.05) is 30.3 Å². The summed E-state index contributed by atoms with van der Waals surface area (Å²) in [5.74, 6) is 0. The molecule has 1 aromatic carbocycles. The molecule has 5 heteroatoms. The van der Waals surface area contributed by atoms with Gasteiger partial charge in [-0.1, -0.05) is 30.3 Å². The molecule has 20 heavy (non-hydrogen) atoms. The van der Waals surface area contributed by atoms with Crippen LogP contribution in [0.15, 0.2) is 30.3 Å². The Kier molecular flexibility index (Phi) is 5.83. The third kappa shape index (κ3) is 4.83. The maximum Gasteiger partial charge on any atom is 0.407 e. The molecule has 0 unspecified atom stereocenters. The number of rotatable bonds is 6. The van der Waals surface area contributed by atoms with E-state index in [4.69, 9.17) is 14.6 Å². The van der Waals surface area contributed by atoms with Crippen LogP contribution >= 0.6 is 0 Å². The Balaban J connectivity index is 1.65. The first kappa shape index (κ1) is 14.8. The van der Waals surface area contributed by atoms with Crippen LogP contribution in [0.4, 0.5) is 4.79 Å². The molecule has 1 aliphatic carbocycles. The summed E-state index contributed by atoms with van der Waals surface area (Å²) in [5.41, 5.74) is 0.971. The molecule has 0 spiro atoms. The normalized spacial score (nSPS) is 21.6. The summed E-state index contributed by atoms with van der Waals surface area (Å²) in [6, 6.07) is 9.69. The minimum absolute atomic E-state index is 0.0354. The summed E-state index contributed by atoms with van der Waals surface area (Å²) < 4.78 is 10.6. The number of aliphatic hydroxyl groups excluding tert-OH is 1. The van der Waals surface area contributed by atoms with E-state index in [0.717, 1.165) is 24.8 Å². The lowest BCUT2D eigenvalue weighted by Crippen LogP contribution is -2.33. The second-order valence-corrected chi connectivity index (χ2v) is 4.93. The maximum absolute atomic E-state index is 11.7. The molecule has 5 nitrogen and oxygen atoms in total. The average molecular weight is 279 g/mol. The molecular formula is C15H21NO4. The van der Waals surface area contributed by atoms with Gasteiger partial charge in [-0.05, 0) is 24.8 Å². The molecule has 0 saturated heterocycles. The van der Waals surface area contributed by atoms with Gasteiger partial charge in [-0.25, -0.2) is 4.79 Å². The van der Waals surface area contributed by atoms with E-state index in [9.17, 15) is 4.79 Å². The quantitative estimate of drug-likeness (QED) is 0.834. The SMILES string of the molecule is O=C(N[C@H]1CC[C@@H](OCCO)C1)OCc1ccccc1. The fraction of sp³-hybridized carbons (Fsp3) is 0.533. The highest BCUT2D eigenvalue weighted by Crippen LogP contribution is 2.22. The van der Waals surface area contributed by atoms with Gasteiger partial charge in [0, 0.05) is 6.04 Å². The first-order chi connectivity index (χ1) is 9.78. The van der Waals surface area contributed by atoms with Gasteiger partial charge in [-0.2, -0.15) is 0 Å². The number of nitrogens with one attached hydrogen (secondary N) is 1. The number of carbonyl (C=O) groups excluding carboxylic acids is 1. The van der Waals surface area contributed by atoms with Crippen molar-refractivity contribution >= 4 is 6.09 Å². The van der Waals surface area contributed by atoms with Crippen LogP contribution in [-0.2, 0) is 16.1 Å². The van der Waals surface area contributed by atoms with Crippen LogP contribution in [0.5, 0.6) is 0 Å². The number of carbonyl (C=O) groups is 1. The van der Waals surface area contributed by atoms with Gasteiger partial charge in [0.2, 0.25) is 0 Å². The van der Waals surface area contributed by atoms with Crippen molar-refractivity contribution in [2.45, 2.75) is 38.0 Å². The van der Waals surface area contributed by atoms with Crippen molar-refractivity contribution in [3.8, 4) is 0 Å². The van der Waals surface area contributed by atoms with E-state index in [-0.39, 0.29) is 31.5 Å². The smallest absolute Gasteiger partial charge is 0.407 e. The molecular weight excluding hydrogens is 258 g/mol. The summed E-state index contributed by atoms with van der Waals surface area (Å²) in [6.45, 7) is 0.674. The van der Waals surface area contributed by atoms with Gasteiger partial charge in [0.1, 0.15) is 6.61 Å². The summed E-state index contributed by atoms with van der Waals surface area (Å²) in [7, 11) is 0. The van der Waals surface area contributed by atoms with E-state index in [0.29, 0.717) is 6.61 Å². The molecule has 2 atom stereocenters. The fourth-order valence-electron chi connectivity index (χ4n) is 2.37. The molecule has 1 fully saturated rings. The van der Waals surface area contributed by atoms with Crippen molar-refractivity contribution in [2.75, 3.05) is 13.2 Å². The van der Waals surface area contributed by atoms with Crippen LogP contribution in [0.2, 0.25) is 0 Å². The lowest BCUT2D eigenvalue weighted by Gasteiger charge is -2.14. The zero-order chi connectivity index (χ0) is 14.2. The Morgan fingerprint density at radius 2 is 2.10 bits per heavy atom. The van der Waals surface area contributed by atoms with Crippen molar-refractivity contribution in [2.24, 2.45) is 0 Å². The number of amides is 1. The molecule has 2 rings (SSSR count). The molecule has 0 aliphatic heterocycles. The van der Waals surface area contributed by atoms with Gasteiger partial charge in [0.05, 0.1) is 19.3 Å². The minimum atomic E-state index is -0.387. The van der Waals surface area contributed by atoms with Crippen molar-refractivity contribution in [1.82, 2.24) is 5.32 Å². The highest BCUT2D eigenvalue weighted by molar-refractivity contribution is 5.67. The highest BCUT2D eigenvalue weighted by Gasteiger charge is 2.26. The monoisotopic (exact) mass is 279 g/mol. The maximum atomic E-state index is 11.7. The molecule has 0 heterocycles. The van der Waals surface area contributed by atoms with Gasteiger partial charge in [-0.3, -0.25) is 0 Å². The Hall–Kier alpha value is -1.59. The van der Waals surface area contributed by atoms with Gasteiger partial charge < -0.3 is 19.9 Å². The van der Waals surface area contributed by atoms with Crippen LogP contribution in [0.1, 0.15) is 24.8 Å². The number of alkyl carbamates (subject to hydrolysis) is 1. The highest BCUT2D eigenvalue weighted by atomic mass is 16.5. The van der Waals surface area contributed by atoms with Crippen LogP contribution < -0.4 is 5.32 Å². The summed E-state index contributed by atoms with van der Waals surface area (Å²) >= 11 is 0. The van der Waals surface area contributed by atoms with Crippen LogP contribution in [-0.4, -0.2) is 36.6 Å².